The monoisotopic (exact) mass is 489 g/mol. The van der Waals surface area contributed by atoms with Gasteiger partial charge in [0.05, 0.1) is 18.0 Å². The second-order valence-electron chi connectivity index (χ2n) is 8.00. The number of H-pyrrole nitrogens is 1. The summed E-state index contributed by atoms with van der Waals surface area (Å²) < 4.78 is 2.48. The Balaban J connectivity index is 1.69. The van der Waals surface area contributed by atoms with Crippen LogP contribution in [0, 0.1) is 10.1 Å². The van der Waals surface area contributed by atoms with Crippen LogP contribution in [0.2, 0.25) is 0 Å². The number of nitrogens with one attached hydrogen (secondary N) is 1. The molecular formula is C24H23N7O5. The molecule has 2 aromatic carbocycles. The van der Waals surface area contributed by atoms with Crippen molar-refractivity contribution in [3.63, 3.8) is 0 Å². The summed E-state index contributed by atoms with van der Waals surface area (Å²) in [5.41, 5.74) is 6.02. The molecule has 0 aliphatic rings. The molecule has 0 radical (unpaired) electrons. The summed E-state index contributed by atoms with van der Waals surface area (Å²) in [4.78, 5) is 52.7. The highest BCUT2D eigenvalue weighted by Crippen LogP contribution is 2.21. The van der Waals surface area contributed by atoms with Crippen molar-refractivity contribution in [2.45, 2.75) is 26.1 Å². The van der Waals surface area contributed by atoms with Gasteiger partial charge in [-0.05, 0) is 11.1 Å². The zero-order valence-electron chi connectivity index (χ0n) is 19.1. The number of hydrogen-bond acceptors (Lipinski definition) is 7. The molecule has 4 aromatic rings. The first-order valence-corrected chi connectivity index (χ1v) is 11.0. The van der Waals surface area contributed by atoms with E-state index in [4.69, 9.17) is 5.73 Å². The van der Waals surface area contributed by atoms with E-state index >= 15 is 0 Å². The minimum absolute atomic E-state index is 0.0236. The maximum atomic E-state index is 13.4. The maximum Gasteiger partial charge on any atom is 0.330 e. The van der Waals surface area contributed by atoms with Crippen molar-refractivity contribution in [1.82, 2.24) is 19.3 Å². The first kappa shape index (κ1) is 24.1. The Hall–Kier alpha value is -5.00. The molecule has 0 bridgehead atoms. The Bertz CT molecular complexity index is 1490. The van der Waals surface area contributed by atoms with Crippen molar-refractivity contribution in [3.8, 4) is 0 Å². The van der Waals surface area contributed by atoms with Gasteiger partial charge in [-0.25, -0.2) is 4.79 Å². The van der Waals surface area contributed by atoms with E-state index in [1.165, 1.54) is 20.3 Å². The van der Waals surface area contributed by atoms with Gasteiger partial charge in [0.1, 0.15) is 18.2 Å². The summed E-state index contributed by atoms with van der Waals surface area (Å²) in [6.45, 7) is 0.161. The summed E-state index contributed by atoms with van der Waals surface area (Å²) in [6.07, 6.45) is 2.19. The summed E-state index contributed by atoms with van der Waals surface area (Å²) >= 11 is 0. The second kappa shape index (κ2) is 10.5. The van der Waals surface area contributed by atoms with Crippen molar-refractivity contribution in [1.29, 1.82) is 0 Å². The van der Waals surface area contributed by atoms with Gasteiger partial charge in [0.2, 0.25) is 5.91 Å². The molecule has 2 heterocycles. The van der Waals surface area contributed by atoms with Gasteiger partial charge in [0.25, 0.3) is 5.56 Å². The Kier molecular flexibility index (Phi) is 7.04. The predicted molar refractivity (Wildman–Crippen MR) is 132 cm³/mol. The number of benzene rings is 2. The number of carbonyl (C=O) groups is 1. The molecule has 0 saturated carbocycles. The normalized spacial score (nSPS) is 10.8. The molecule has 0 spiro atoms. The van der Waals surface area contributed by atoms with Crippen molar-refractivity contribution in [2.75, 3.05) is 10.6 Å². The third-order valence-electron chi connectivity index (χ3n) is 5.54. The number of nitro groups is 1. The number of anilines is 2. The van der Waals surface area contributed by atoms with E-state index in [1.807, 2.05) is 36.4 Å². The van der Waals surface area contributed by atoms with E-state index in [-0.39, 0.29) is 43.2 Å². The van der Waals surface area contributed by atoms with Crippen LogP contribution in [0.5, 0.6) is 0 Å². The third kappa shape index (κ3) is 5.38. The average molecular weight is 489 g/mol. The molecule has 0 saturated heterocycles. The van der Waals surface area contributed by atoms with Crippen LogP contribution in [0.15, 0.2) is 82.6 Å². The highest BCUT2D eigenvalue weighted by molar-refractivity contribution is 5.95. The number of nitrogens with two attached hydrogens (primary N) is 1. The Morgan fingerprint density at radius 1 is 1.06 bits per heavy atom. The molecule has 3 N–H and O–H groups in total. The van der Waals surface area contributed by atoms with E-state index in [0.29, 0.717) is 0 Å². The lowest BCUT2D eigenvalue weighted by Crippen LogP contribution is -2.41. The summed E-state index contributed by atoms with van der Waals surface area (Å²) in [5.74, 6) is -0.620. The fourth-order valence-electron chi connectivity index (χ4n) is 3.73. The van der Waals surface area contributed by atoms with Gasteiger partial charge in [-0.1, -0.05) is 60.7 Å². The zero-order valence-corrected chi connectivity index (χ0v) is 19.1. The molecule has 12 nitrogen and oxygen atoms in total. The molecular weight excluding hydrogens is 466 g/mol. The molecule has 4 rings (SSSR count). The number of nitrogen functional groups attached to an aromatic ring is 1. The summed E-state index contributed by atoms with van der Waals surface area (Å²) in [6, 6.07) is 18.1. The lowest BCUT2D eigenvalue weighted by Gasteiger charge is -2.25. The number of aryl methyl sites for hydroxylation is 1. The second-order valence-corrected chi connectivity index (χ2v) is 8.00. The smallest absolute Gasteiger partial charge is 0.330 e. The Morgan fingerprint density at radius 3 is 2.31 bits per heavy atom. The van der Waals surface area contributed by atoms with Crippen LogP contribution >= 0.6 is 0 Å². The van der Waals surface area contributed by atoms with Gasteiger partial charge in [0, 0.05) is 13.0 Å². The van der Waals surface area contributed by atoms with E-state index in [9.17, 15) is 24.5 Å². The largest absolute Gasteiger partial charge is 0.383 e. The fourth-order valence-corrected chi connectivity index (χ4v) is 3.73. The number of aromatic nitrogens is 4. The number of rotatable bonds is 9. The molecule has 0 aliphatic carbocycles. The number of aromatic amines is 1. The molecule has 12 heteroatoms. The minimum Gasteiger partial charge on any atom is -0.383 e. The number of hydrogen-bond donors (Lipinski definition) is 2. The van der Waals surface area contributed by atoms with Gasteiger partial charge in [0.15, 0.2) is 5.69 Å². The van der Waals surface area contributed by atoms with E-state index < -0.39 is 22.1 Å². The van der Waals surface area contributed by atoms with Gasteiger partial charge in [-0.2, -0.15) is 5.10 Å². The van der Waals surface area contributed by atoms with Gasteiger partial charge in [-0.15, -0.1) is 0 Å². The number of nitrogens with zero attached hydrogens (tertiary/aromatic N) is 5. The number of carbonyl (C=O) groups excluding carboxylic acids is 1. The summed E-state index contributed by atoms with van der Waals surface area (Å²) in [5, 5.41) is 14.8. The van der Waals surface area contributed by atoms with Gasteiger partial charge in [-0.3, -0.25) is 33.9 Å². The SMILES string of the molecule is Nc1c(N(Cc2ccccc2)C(=O)CCn2cc([N+](=O)[O-])cn2)c(=O)[nH]c(=O)n1Cc1ccccc1. The highest BCUT2D eigenvalue weighted by Gasteiger charge is 2.25. The van der Waals surface area contributed by atoms with Crippen molar-refractivity contribution < 1.29 is 9.72 Å². The van der Waals surface area contributed by atoms with Crippen molar-refractivity contribution >= 4 is 23.1 Å². The molecule has 0 atom stereocenters. The molecule has 184 valence electrons. The minimum atomic E-state index is -0.791. The topological polar surface area (TPSA) is 162 Å². The molecule has 0 unspecified atom stereocenters. The van der Waals surface area contributed by atoms with Crippen LogP contribution < -0.4 is 21.9 Å². The quantitative estimate of drug-likeness (QED) is 0.268. The lowest BCUT2D eigenvalue weighted by molar-refractivity contribution is -0.385. The van der Waals surface area contributed by atoms with Crippen molar-refractivity contribution in [3.05, 3.63) is 115 Å². The van der Waals surface area contributed by atoms with Crippen LogP contribution in [-0.4, -0.2) is 30.2 Å². The fraction of sp³-hybridized carbons (Fsp3) is 0.167. The van der Waals surface area contributed by atoms with Gasteiger partial charge < -0.3 is 10.6 Å². The molecule has 36 heavy (non-hydrogen) atoms. The molecule has 1 amide bonds. The Morgan fingerprint density at radius 2 is 1.69 bits per heavy atom. The third-order valence-corrected chi connectivity index (χ3v) is 5.54. The average Bonchev–Trinajstić information content (AvgIpc) is 3.35. The molecule has 0 fully saturated rings. The van der Waals surface area contributed by atoms with Crippen LogP contribution in [0.1, 0.15) is 17.5 Å². The first-order chi connectivity index (χ1) is 17.3. The standard InChI is InChI=1S/C24H23N7O5/c25-22-21(23(33)27-24(34)30(22)15-18-9-5-2-6-10-18)29(14-17-7-3-1-4-8-17)20(32)11-12-28-16-19(13-26-28)31(35)36/h1-10,13,16H,11-12,14-15,25H2,(H,27,33,34). The maximum absolute atomic E-state index is 13.4. The first-order valence-electron chi connectivity index (χ1n) is 11.0. The zero-order chi connectivity index (χ0) is 25.7. The van der Waals surface area contributed by atoms with Crippen LogP contribution in [-0.2, 0) is 24.4 Å². The molecule has 2 aromatic heterocycles. The van der Waals surface area contributed by atoms with Crippen LogP contribution in [0.25, 0.3) is 0 Å². The van der Waals surface area contributed by atoms with E-state index in [2.05, 4.69) is 10.1 Å². The highest BCUT2D eigenvalue weighted by atomic mass is 16.6. The summed E-state index contributed by atoms with van der Waals surface area (Å²) in [7, 11) is 0. The Labute approximate surface area is 204 Å². The van der Waals surface area contributed by atoms with Gasteiger partial charge >= 0.3 is 11.4 Å². The van der Waals surface area contributed by atoms with E-state index in [0.717, 1.165) is 17.3 Å². The number of amides is 1. The van der Waals surface area contributed by atoms with Crippen LogP contribution in [0.3, 0.4) is 0 Å². The van der Waals surface area contributed by atoms with Crippen LogP contribution in [0.4, 0.5) is 17.2 Å². The van der Waals surface area contributed by atoms with E-state index in [1.54, 1.807) is 24.3 Å². The van der Waals surface area contributed by atoms with Crippen molar-refractivity contribution in [2.24, 2.45) is 0 Å². The predicted octanol–water partition coefficient (Wildman–Crippen LogP) is 1.90. The lowest BCUT2D eigenvalue weighted by atomic mass is 10.2. The molecule has 0 aliphatic heterocycles.